The van der Waals surface area contributed by atoms with Gasteiger partial charge in [0, 0.05) is 25.9 Å². The highest BCUT2D eigenvalue weighted by Crippen LogP contribution is 2.25. The molecular formula is C17H17N3O3. The van der Waals surface area contributed by atoms with Crippen molar-refractivity contribution in [3.8, 4) is 22.8 Å². The molecule has 0 aliphatic rings. The van der Waals surface area contributed by atoms with Gasteiger partial charge in [-0.15, -0.1) is 0 Å². The zero-order chi connectivity index (χ0) is 16.4. The van der Waals surface area contributed by atoms with Crippen LogP contribution in [0.15, 0.2) is 48.8 Å². The number of methoxy groups -OCH3 is 1. The van der Waals surface area contributed by atoms with Gasteiger partial charge in [0.1, 0.15) is 17.1 Å². The number of carbonyl (C=O) groups excluding carboxylic acids is 1. The average Bonchev–Trinajstić information content (AvgIpc) is 2.98. The number of ether oxygens (including phenoxy) is 2. The molecule has 2 aromatic heterocycles. The summed E-state index contributed by atoms with van der Waals surface area (Å²) in [6.07, 6.45) is 3.36. The van der Waals surface area contributed by atoms with Crippen LogP contribution in [-0.2, 0) is 0 Å². The van der Waals surface area contributed by atoms with Gasteiger partial charge in [-0.1, -0.05) is 12.1 Å². The van der Waals surface area contributed by atoms with Crippen molar-refractivity contribution in [1.82, 2.24) is 14.3 Å². The van der Waals surface area contributed by atoms with E-state index in [-0.39, 0.29) is 0 Å². The fraction of sp³-hybridized carbons (Fsp3) is 0.176. The van der Waals surface area contributed by atoms with Gasteiger partial charge < -0.3 is 18.8 Å². The number of benzene rings is 1. The average molecular weight is 311 g/mol. The van der Waals surface area contributed by atoms with Gasteiger partial charge in [0.15, 0.2) is 0 Å². The van der Waals surface area contributed by atoms with Crippen LogP contribution in [0.3, 0.4) is 0 Å². The normalized spacial score (nSPS) is 10.6. The van der Waals surface area contributed by atoms with E-state index in [1.165, 1.54) is 4.90 Å². The van der Waals surface area contributed by atoms with Crippen molar-refractivity contribution >= 4 is 11.7 Å². The summed E-state index contributed by atoms with van der Waals surface area (Å²) in [5.41, 5.74) is 2.48. The molecule has 23 heavy (non-hydrogen) atoms. The van der Waals surface area contributed by atoms with Crippen molar-refractivity contribution in [2.24, 2.45) is 0 Å². The van der Waals surface area contributed by atoms with E-state index in [0.717, 1.165) is 22.7 Å². The zero-order valence-electron chi connectivity index (χ0n) is 13.2. The first-order chi connectivity index (χ1) is 11.1. The van der Waals surface area contributed by atoms with E-state index in [4.69, 9.17) is 9.47 Å². The Kier molecular flexibility index (Phi) is 3.89. The van der Waals surface area contributed by atoms with E-state index in [0.29, 0.717) is 5.75 Å². The number of imidazole rings is 1. The van der Waals surface area contributed by atoms with Crippen LogP contribution in [0.2, 0.25) is 0 Å². The summed E-state index contributed by atoms with van der Waals surface area (Å²) in [6.45, 7) is 0. The van der Waals surface area contributed by atoms with Gasteiger partial charge in [-0.3, -0.25) is 0 Å². The van der Waals surface area contributed by atoms with Crippen molar-refractivity contribution in [2.45, 2.75) is 0 Å². The molecule has 6 nitrogen and oxygen atoms in total. The molecule has 0 radical (unpaired) electrons. The fourth-order valence-electron chi connectivity index (χ4n) is 2.14. The number of nitrogens with zero attached hydrogens (tertiary/aromatic N) is 3. The largest absolute Gasteiger partial charge is 0.495 e. The summed E-state index contributed by atoms with van der Waals surface area (Å²) >= 11 is 0. The lowest BCUT2D eigenvalue weighted by atomic mass is 10.1. The Bertz CT molecular complexity index is 855. The molecule has 0 atom stereocenters. The third-order valence-electron chi connectivity index (χ3n) is 3.36. The molecule has 0 aliphatic carbocycles. The van der Waals surface area contributed by atoms with Crippen molar-refractivity contribution in [3.05, 3.63) is 48.8 Å². The monoisotopic (exact) mass is 311 g/mol. The topological polar surface area (TPSA) is 56.1 Å². The summed E-state index contributed by atoms with van der Waals surface area (Å²) < 4.78 is 12.4. The highest BCUT2D eigenvalue weighted by molar-refractivity contribution is 5.71. The first-order valence-electron chi connectivity index (χ1n) is 7.09. The minimum atomic E-state index is -0.415. The molecule has 0 saturated heterocycles. The first kappa shape index (κ1) is 14.9. The maximum Gasteiger partial charge on any atom is 0.414 e. The quantitative estimate of drug-likeness (QED) is 0.746. The Hall–Kier alpha value is -3.02. The molecule has 2 heterocycles. The zero-order valence-corrected chi connectivity index (χ0v) is 13.2. The number of rotatable bonds is 3. The van der Waals surface area contributed by atoms with Gasteiger partial charge in [-0.25, -0.2) is 9.78 Å². The van der Waals surface area contributed by atoms with E-state index in [1.807, 2.05) is 41.1 Å². The Morgan fingerprint density at radius 3 is 2.70 bits per heavy atom. The molecule has 0 fully saturated rings. The van der Waals surface area contributed by atoms with E-state index >= 15 is 0 Å². The van der Waals surface area contributed by atoms with E-state index in [1.54, 1.807) is 33.3 Å². The molecule has 3 aromatic rings. The van der Waals surface area contributed by atoms with Crippen LogP contribution >= 0.6 is 0 Å². The highest BCUT2D eigenvalue weighted by Gasteiger charge is 2.10. The maximum atomic E-state index is 11.6. The standard InChI is InChI=1S/C17H17N3O3/c1-19(2)17(21)23-13-6-4-5-12(9-13)15-11-20-10-14(22-3)7-8-16(20)18-15/h4-11H,1-3H3. The molecule has 0 spiro atoms. The number of hydrogen-bond acceptors (Lipinski definition) is 4. The summed E-state index contributed by atoms with van der Waals surface area (Å²) in [5.74, 6) is 1.24. The second-order valence-corrected chi connectivity index (χ2v) is 5.25. The third-order valence-corrected chi connectivity index (χ3v) is 3.36. The minimum absolute atomic E-state index is 0.415. The predicted molar refractivity (Wildman–Crippen MR) is 86.9 cm³/mol. The maximum absolute atomic E-state index is 11.6. The third kappa shape index (κ3) is 3.11. The summed E-state index contributed by atoms with van der Waals surface area (Å²) in [4.78, 5) is 17.6. The van der Waals surface area contributed by atoms with Crippen LogP contribution in [0.4, 0.5) is 4.79 Å². The number of fused-ring (bicyclic) bond motifs is 1. The molecule has 0 N–H and O–H groups in total. The molecule has 1 aromatic carbocycles. The second-order valence-electron chi connectivity index (χ2n) is 5.25. The highest BCUT2D eigenvalue weighted by atomic mass is 16.6. The fourth-order valence-corrected chi connectivity index (χ4v) is 2.14. The van der Waals surface area contributed by atoms with Crippen LogP contribution in [0.25, 0.3) is 16.9 Å². The van der Waals surface area contributed by atoms with Crippen LogP contribution in [-0.4, -0.2) is 41.6 Å². The number of amides is 1. The summed E-state index contributed by atoms with van der Waals surface area (Å²) in [7, 11) is 4.91. The molecule has 0 aliphatic heterocycles. The van der Waals surface area contributed by atoms with Crippen molar-refractivity contribution in [3.63, 3.8) is 0 Å². The van der Waals surface area contributed by atoms with E-state index in [9.17, 15) is 4.79 Å². The molecular weight excluding hydrogens is 294 g/mol. The SMILES string of the molecule is COc1ccc2nc(-c3cccc(OC(=O)N(C)C)c3)cn2c1. The number of pyridine rings is 1. The summed E-state index contributed by atoms with van der Waals surface area (Å²) in [5, 5.41) is 0. The van der Waals surface area contributed by atoms with Crippen LogP contribution in [0.1, 0.15) is 0 Å². The Labute approximate surface area is 133 Å². The van der Waals surface area contributed by atoms with Gasteiger partial charge in [-0.2, -0.15) is 0 Å². The van der Waals surface area contributed by atoms with Crippen LogP contribution < -0.4 is 9.47 Å². The Morgan fingerprint density at radius 2 is 1.96 bits per heavy atom. The lowest BCUT2D eigenvalue weighted by Crippen LogP contribution is -2.25. The van der Waals surface area contributed by atoms with Crippen molar-refractivity contribution in [1.29, 1.82) is 0 Å². The van der Waals surface area contributed by atoms with Gasteiger partial charge in [0.2, 0.25) is 0 Å². The van der Waals surface area contributed by atoms with Crippen molar-refractivity contribution in [2.75, 3.05) is 21.2 Å². The van der Waals surface area contributed by atoms with E-state index < -0.39 is 6.09 Å². The molecule has 1 amide bonds. The number of carbonyl (C=O) groups is 1. The van der Waals surface area contributed by atoms with Gasteiger partial charge >= 0.3 is 6.09 Å². The van der Waals surface area contributed by atoms with Crippen LogP contribution in [0.5, 0.6) is 11.5 Å². The molecule has 0 bridgehead atoms. The van der Waals surface area contributed by atoms with Gasteiger partial charge in [0.05, 0.1) is 19.0 Å². The lowest BCUT2D eigenvalue weighted by Gasteiger charge is -2.10. The number of aromatic nitrogens is 2. The first-order valence-corrected chi connectivity index (χ1v) is 7.09. The van der Waals surface area contributed by atoms with Crippen molar-refractivity contribution < 1.29 is 14.3 Å². The molecule has 6 heteroatoms. The van der Waals surface area contributed by atoms with Gasteiger partial charge in [-0.05, 0) is 24.3 Å². The molecule has 3 rings (SSSR count). The smallest absolute Gasteiger partial charge is 0.414 e. The minimum Gasteiger partial charge on any atom is -0.495 e. The molecule has 0 unspecified atom stereocenters. The predicted octanol–water partition coefficient (Wildman–Crippen LogP) is 3.07. The van der Waals surface area contributed by atoms with Crippen LogP contribution in [0, 0.1) is 0 Å². The molecule has 118 valence electrons. The Morgan fingerprint density at radius 1 is 1.13 bits per heavy atom. The molecule has 0 saturated carbocycles. The summed E-state index contributed by atoms with van der Waals surface area (Å²) in [6, 6.07) is 11.0. The second kappa shape index (κ2) is 6.00. The number of hydrogen-bond donors (Lipinski definition) is 0. The lowest BCUT2D eigenvalue weighted by molar-refractivity contribution is 0.172. The Balaban J connectivity index is 1.93. The van der Waals surface area contributed by atoms with E-state index in [2.05, 4.69) is 4.98 Å². The van der Waals surface area contributed by atoms with Gasteiger partial charge in [0.25, 0.3) is 0 Å².